The number of carbonyl (C=O) groups excluding carboxylic acids is 1. The fourth-order valence-electron chi connectivity index (χ4n) is 2.19. The minimum absolute atomic E-state index is 0.0335. The van der Waals surface area contributed by atoms with E-state index in [0.29, 0.717) is 24.5 Å². The molecule has 1 aromatic heterocycles. The first-order valence-electron chi connectivity index (χ1n) is 6.44. The Morgan fingerprint density at radius 3 is 2.44 bits per heavy atom. The van der Waals surface area contributed by atoms with Crippen LogP contribution >= 0.6 is 0 Å². The highest BCUT2D eigenvalue weighted by Gasteiger charge is 2.37. The van der Waals surface area contributed by atoms with Gasteiger partial charge in [0, 0.05) is 18.5 Å². The summed E-state index contributed by atoms with van der Waals surface area (Å²) in [4.78, 5) is 12.8. The van der Waals surface area contributed by atoms with E-state index in [9.17, 15) is 4.79 Å². The summed E-state index contributed by atoms with van der Waals surface area (Å²) in [6, 6.07) is 0. The molecule has 5 nitrogen and oxygen atoms in total. The minimum atomic E-state index is -0.514. The molecule has 0 unspecified atom stereocenters. The fourth-order valence-corrected chi connectivity index (χ4v) is 2.19. The Balaban J connectivity index is 3.27. The number of aromatic nitrogens is 2. The molecule has 0 aromatic carbocycles. The highest BCUT2D eigenvalue weighted by molar-refractivity contribution is 6.01. The fraction of sp³-hybridized carbons (Fsp3) is 0.692. The second-order valence-electron chi connectivity index (χ2n) is 4.40. The van der Waals surface area contributed by atoms with Crippen LogP contribution in [0.2, 0.25) is 0 Å². The van der Waals surface area contributed by atoms with Crippen molar-refractivity contribution in [3.05, 3.63) is 11.9 Å². The van der Waals surface area contributed by atoms with Gasteiger partial charge >= 0.3 is 0 Å². The number of hydrogen-bond acceptors (Lipinski definition) is 4. The van der Waals surface area contributed by atoms with Crippen LogP contribution in [0.1, 0.15) is 44.1 Å². The number of nitrogens with zero attached hydrogens (tertiary/aromatic N) is 2. The van der Waals surface area contributed by atoms with E-state index in [2.05, 4.69) is 5.10 Å². The van der Waals surface area contributed by atoms with Crippen molar-refractivity contribution < 1.29 is 9.53 Å². The number of methoxy groups -OCH3 is 1. The van der Waals surface area contributed by atoms with Gasteiger partial charge in [-0.3, -0.25) is 9.48 Å². The molecule has 0 atom stereocenters. The Hall–Kier alpha value is -1.36. The molecular weight excluding hydrogens is 230 g/mol. The van der Waals surface area contributed by atoms with Gasteiger partial charge < -0.3 is 10.5 Å². The predicted molar refractivity (Wildman–Crippen MR) is 70.9 cm³/mol. The first kappa shape index (κ1) is 14.7. The molecule has 102 valence electrons. The number of rotatable bonds is 7. The molecule has 0 fully saturated rings. The summed E-state index contributed by atoms with van der Waals surface area (Å²) in [5.74, 6) is 0.563. The molecule has 1 heterocycles. The average Bonchev–Trinajstić information content (AvgIpc) is 2.83. The lowest BCUT2D eigenvalue weighted by molar-refractivity contribution is 0.0772. The molecule has 2 N–H and O–H groups in total. The van der Waals surface area contributed by atoms with E-state index in [-0.39, 0.29) is 5.78 Å². The van der Waals surface area contributed by atoms with Gasteiger partial charge in [-0.15, -0.1) is 0 Å². The zero-order valence-electron chi connectivity index (χ0n) is 11.7. The Morgan fingerprint density at radius 1 is 1.44 bits per heavy atom. The van der Waals surface area contributed by atoms with Crippen LogP contribution < -0.4 is 10.5 Å². The van der Waals surface area contributed by atoms with Crippen molar-refractivity contribution in [3.63, 3.8) is 0 Å². The van der Waals surface area contributed by atoms with Gasteiger partial charge in [0.2, 0.25) is 0 Å². The maximum absolute atomic E-state index is 12.8. The lowest BCUT2D eigenvalue weighted by Crippen LogP contribution is -2.39. The molecule has 1 rings (SSSR count). The van der Waals surface area contributed by atoms with Crippen molar-refractivity contribution in [3.8, 4) is 5.75 Å². The van der Waals surface area contributed by atoms with Crippen molar-refractivity contribution in [2.45, 2.75) is 40.2 Å². The molecule has 5 heteroatoms. The Labute approximate surface area is 108 Å². The Kier molecular flexibility index (Phi) is 4.90. The molecule has 0 spiro atoms. The van der Waals surface area contributed by atoms with Gasteiger partial charge in [0.15, 0.2) is 11.5 Å². The largest absolute Gasteiger partial charge is 0.493 e. The topological polar surface area (TPSA) is 70.1 Å². The maximum atomic E-state index is 12.8. The first-order chi connectivity index (χ1) is 8.60. The van der Waals surface area contributed by atoms with Gasteiger partial charge in [0.1, 0.15) is 5.69 Å². The smallest absolute Gasteiger partial charge is 0.192 e. The number of ketones is 1. The van der Waals surface area contributed by atoms with Crippen LogP contribution in [0.5, 0.6) is 5.75 Å². The Morgan fingerprint density at radius 2 is 2.06 bits per heavy atom. The summed E-state index contributed by atoms with van der Waals surface area (Å²) < 4.78 is 6.91. The molecule has 1 aromatic rings. The van der Waals surface area contributed by atoms with Crippen molar-refractivity contribution in [1.29, 1.82) is 0 Å². The summed E-state index contributed by atoms with van der Waals surface area (Å²) in [6.07, 6.45) is 3.02. The number of carbonyl (C=O) groups is 1. The highest BCUT2D eigenvalue weighted by Crippen LogP contribution is 2.33. The lowest BCUT2D eigenvalue weighted by atomic mass is 9.77. The second kappa shape index (κ2) is 6.00. The molecule has 0 saturated carbocycles. The molecule has 0 bridgehead atoms. The van der Waals surface area contributed by atoms with Crippen molar-refractivity contribution in [1.82, 2.24) is 9.78 Å². The van der Waals surface area contributed by atoms with Gasteiger partial charge in [-0.25, -0.2) is 0 Å². The molecule has 0 aliphatic rings. The minimum Gasteiger partial charge on any atom is -0.493 e. The Bertz CT molecular complexity index is 379. The maximum Gasteiger partial charge on any atom is 0.192 e. The zero-order valence-corrected chi connectivity index (χ0v) is 11.7. The summed E-state index contributed by atoms with van der Waals surface area (Å²) in [6.45, 7) is 6.92. The van der Waals surface area contributed by atoms with Crippen LogP contribution in [-0.4, -0.2) is 29.2 Å². The second-order valence-corrected chi connectivity index (χ2v) is 4.40. The number of nitrogens with two attached hydrogens (primary N) is 1. The standard InChI is InChI=1S/C13H23N3O2/c1-5-13(6-2,9-14)12(17)11-10(18-4)8-15-16(11)7-3/h8H,5-7,9,14H2,1-4H3. The van der Waals surface area contributed by atoms with E-state index in [4.69, 9.17) is 10.5 Å². The summed E-state index contributed by atoms with van der Waals surface area (Å²) >= 11 is 0. The van der Waals surface area contributed by atoms with E-state index < -0.39 is 5.41 Å². The van der Waals surface area contributed by atoms with E-state index in [0.717, 1.165) is 12.8 Å². The molecule has 0 aliphatic heterocycles. The van der Waals surface area contributed by atoms with Crippen molar-refractivity contribution in [2.75, 3.05) is 13.7 Å². The number of aryl methyl sites for hydroxylation is 1. The van der Waals surface area contributed by atoms with E-state index in [1.807, 2.05) is 20.8 Å². The van der Waals surface area contributed by atoms with Gasteiger partial charge in [-0.1, -0.05) is 13.8 Å². The average molecular weight is 253 g/mol. The van der Waals surface area contributed by atoms with Crippen LogP contribution in [0.15, 0.2) is 6.20 Å². The number of ether oxygens (including phenoxy) is 1. The SMILES string of the molecule is CCn1ncc(OC)c1C(=O)C(CC)(CC)CN. The lowest BCUT2D eigenvalue weighted by Gasteiger charge is -2.28. The van der Waals surface area contributed by atoms with Gasteiger partial charge in [0.05, 0.1) is 13.3 Å². The number of Topliss-reactive ketones (excluding diaryl/α,β-unsaturated/α-hetero) is 1. The van der Waals surface area contributed by atoms with Gasteiger partial charge in [0.25, 0.3) is 0 Å². The first-order valence-corrected chi connectivity index (χ1v) is 6.44. The van der Waals surface area contributed by atoms with Crippen LogP contribution in [0.25, 0.3) is 0 Å². The molecule has 0 radical (unpaired) electrons. The normalized spacial score (nSPS) is 11.6. The third-order valence-electron chi connectivity index (χ3n) is 3.77. The monoisotopic (exact) mass is 253 g/mol. The molecule has 0 amide bonds. The number of hydrogen-bond donors (Lipinski definition) is 1. The molecular formula is C13H23N3O2. The summed E-state index contributed by atoms with van der Waals surface area (Å²) in [5.41, 5.74) is 5.85. The quantitative estimate of drug-likeness (QED) is 0.753. The van der Waals surface area contributed by atoms with Gasteiger partial charge in [-0.2, -0.15) is 5.10 Å². The van der Waals surface area contributed by atoms with Crippen LogP contribution in [0.4, 0.5) is 0 Å². The van der Waals surface area contributed by atoms with Crippen LogP contribution in [0, 0.1) is 5.41 Å². The van der Waals surface area contributed by atoms with Crippen molar-refractivity contribution >= 4 is 5.78 Å². The highest BCUT2D eigenvalue weighted by atomic mass is 16.5. The zero-order chi connectivity index (χ0) is 13.8. The summed E-state index contributed by atoms with van der Waals surface area (Å²) in [7, 11) is 1.55. The predicted octanol–water partition coefficient (Wildman–Crippen LogP) is 1.86. The van der Waals surface area contributed by atoms with Crippen LogP contribution in [-0.2, 0) is 6.54 Å². The summed E-state index contributed by atoms with van der Waals surface area (Å²) in [5, 5.41) is 4.17. The molecule has 18 heavy (non-hydrogen) atoms. The molecule has 0 saturated heterocycles. The van der Waals surface area contributed by atoms with Crippen molar-refractivity contribution in [2.24, 2.45) is 11.1 Å². The third-order valence-corrected chi connectivity index (χ3v) is 3.77. The van der Waals surface area contributed by atoms with E-state index in [1.54, 1.807) is 18.0 Å². The van der Waals surface area contributed by atoms with Crippen LogP contribution in [0.3, 0.4) is 0 Å². The van der Waals surface area contributed by atoms with E-state index >= 15 is 0 Å². The third kappa shape index (κ3) is 2.27. The van der Waals surface area contributed by atoms with E-state index in [1.165, 1.54) is 0 Å². The van der Waals surface area contributed by atoms with Gasteiger partial charge in [-0.05, 0) is 19.8 Å². The molecule has 0 aliphatic carbocycles.